The van der Waals surface area contributed by atoms with E-state index >= 15 is 0 Å². The topological polar surface area (TPSA) is 119 Å². The van der Waals surface area contributed by atoms with E-state index in [0.29, 0.717) is 29.9 Å². The van der Waals surface area contributed by atoms with E-state index in [9.17, 15) is 23.6 Å². The highest BCUT2D eigenvalue weighted by Gasteiger charge is 2.38. The quantitative estimate of drug-likeness (QED) is 0.676. The predicted molar refractivity (Wildman–Crippen MR) is 123 cm³/mol. The van der Waals surface area contributed by atoms with Gasteiger partial charge in [0.2, 0.25) is 17.5 Å². The molecule has 0 spiro atoms. The summed E-state index contributed by atoms with van der Waals surface area (Å²) in [6.07, 6.45) is 0.974. The molecule has 1 aliphatic heterocycles. The number of allylic oxidation sites excluding steroid dienone is 2. The van der Waals surface area contributed by atoms with Crippen molar-refractivity contribution >= 4 is 23.6 Å². The number of ketones is 2. The molecule has 1 aliphatic carbocycles. The minimum absolute atomic E-state index is 0.0284. The molecule has 2 atom stereocenters. The number of halogens is 1. The Morgan fingerprint density at radius 3 is 2.71 bits per heavy atom. The van der Waals surface area contributed by atoms with Gasteiger partial charge in [0.15, 0.2) is 0 Å². The fourth-order valence-electron chi connectivity index (χ4n) is 4.24. The van der Waals surface area contributed by atoms with Gasteiger partial charge in [0.05, 0.1) is 6.04 Å². The number of imidazole rings is 1. The third kappa shape index (κ3) is 5.16. The Morgan fingerprint density at radius 1 is 1.29 bits per heavy atom. The molecule has 2 aliphatic rings. The Morgan fingerprint density at radius 2 is 2.03 bits per heavy atom. The summed E-state index contributed by atoms with van der Waals surface area (Å²) < 4.78 is 20.7. The van der Waals surface area contributed by atoms with Crippen LogP contribution in [0.1, 0.15) is 72.5 Å². The number of hydrogen-bond acceptors (Lipinski definition) is 6. The summed E-state index contributed by atoms with van der Waals surface area (Å²) in [5.41, 5.74) is 0.407. The summed E-state index contributed by atoms with van der Waals surface area (Å²) in [4.78, 5) is 55.0. The second-order valence-electron chi connectivity index (χ2n) is 9.72. The molecule has 184 valence electrons. The summed E-state index contributed by atoms with van der Waals surface area (Å²) in [6, 6.07) is 4.14. The molecule has 35 heavy (non-hydrogen) atoms. The van der Waals surface area contributed by atoms with Crippen molar-refractivity contribution in [2.75, 3.05) is 0 Å². The largest absolute Gasteiger partial charge is 0.444 e. The number of fused-ring (bicyclic) bond motifs is 3. The van der Waals surface area contributed by atoms with E-state index in [-0.39, 0.29) is 29.4 Å². The van der Waals surface area contributed by atoms with Crippen LogP contribution in [0.15, 0.2) is 35.9 Å². The molecule has 0 fully saturated rings. The number of benzene rings is 1. The maximum absolute atomic E-state index is 13.7. The molecule has 1 aromatic carbocycles. The van der Waals surface area contributed by atoms with E-state index in [1.54, 1.807) is 38.3 Å². The zero-order valence-corrected chi connectivity index (χ0v) is 20.0. The van der Waals surface area contributed by atoms with Crippen molar-refractivity contribution in [3.8, 4) is 0 Å². The van der Waals surface area contributed by atoms with Crippen molar-refractivity contribution in [2.45, 2.75) is 64.8 Å². The van der Waals surface area contributed by atoms with Crippen LogP contribution in [0, 0.1) is 5.82 Å². The molecule has 0 unspecified atom stereocenters. The van der Waals surface area contributed by atoms with Crippen molar-refractivity contribution in [3.63, 3.8) is 0 Å². The molecule has 1 aromatic heterocycles. The summed E-state index contributed by atoms with van der Waals surface area (Å²) in [7, 11) is 0. The van der Waals surface area contributed by atoms with Gasteiger partial charge < -0.3 is 19.9 Å². The molecule has 0 bridgehead atoms. The molecule has 4 rings (SSSR count). The Hall–Kier alpha value is -3.82. The van der Waals surface area contributed by atoms with Gasteiger partial charge >= 0.3 is 6.09 Å². The van der Waals surface area contributed by atoms with Crippen LogP contribution in [0.2, 0.25) is 0 Å². The van der Waals surface area contributed by atoms with E-state index < -0.39 is 35.5 Å². The molecule has 2 amide bonds. The van der Waals surface area contributed by atoms with Crippen LogP contribution >= 0.6 is 0 Å². The Bertz CT molecular complexity index is 1260. The van der Waals surface area contributed by atoms with Gasteiger partial charge in [-0.2, -0.15) is 0 Å². The average molecular weight is 483 g/mol. The molecule has 2 aromatic rings. The third-order valence-electron chi connectivity index (χ3n) is 5.76. The number of hydrogen-bond donors (Lipinski definition) is 2. The van der Waals surface area contributed by atoms with Crippen molar-refractivity contribution in [1.29, 1.82) is 0 Å². The van der Waals surface area contributed by atoms with E-state index in [2.05, 4.69) is 15.6 Å². The lowest BCUT2D eigenvalue weighted by atomic mass is 9.99. The van der Waals surface area contributed by atoms with Gasteiger partial charge in [-0.05, 0) is 57.9 Å². The summed E-state index contributed by atoms with van der Waals surface area (Å²) >= 11 is 0. The lowest BCUT2D eigenvalue weighted by Gasteiger charge is -2.24. The third-order valence-corrected chi connectivity index (χ3v) is 5.76. The van der Waals surface area contributed by atoms with Crippen molar-refractivity contribution in [1.82, 2.24) is 20.2 Å². The molecule has 9 nitrogen and oxygen atoms in total. The normalized spacial score (nSPS) is 17.9. The molecule has 0 radical (unpaired) electrons. The lowest BCUT2D eigenvalue weighted by molar-refractivity contribution is -0.124. The molecule has 0 saturated carbocycles. The zero-order valence-electron chi connectivity index (χ0n) is 20.0. The number of Topliss-reactive ketones (excluding diaryl/α,β-unsaturated/α-hetero) is 1. The van der Waals surface area contributed by atoms with Crippen LogP contribution < -0.4 is 10.6 Å². The summed E-state index contributed by atoms with van der Waals surface area (Å²) in [5.74, 6) is -1.18. The van der Waals surface area contributed by atoms with Gasteiger partial charge in [-0.1, -0.05) is 12.1 Å². The highest BCUT2D eigenvalue weighted by Crippen LogP contribution is 2.32. The van der Waals surface area contributed by atoms with Crippen LogP contribution in [-0.2, 0) is 22.5 Å². The Balaban J connectivity index is 1.55. The zero-order chi connectivity index (χ0) is 25.5. The first-order valence-electron chi connectivity index (χ1n) is 11.3. The first-order chi connectivity index (χ1) is 16.4. The van der Waals surface area contributed by atoms with Crippen LogP contribution in [0.25, 0.3) is 0 Å². The number of nitrogens with zero attached hydrogens (tertiary/aromatic N) is 2. The molecule has 0 saturated heterocycles. The number of ether oxygens (including phenoxy) is 1. The average Bonchev–Trinajstić information content (AvgIpc) is 3.31. The number of carbonyl (C=O) groups is 4. The number of rotatable bonds is 5. The van der Waals surface area contributed by atoms with Gasteiger partial charge in [0, 0.05) is 18.5 Å². The molecule has 10 heteroatoms. The number of nitrogens with one attached hydrogen (secondary N) is 2. The highest BCUT2D eigenvalue weighted by molar-refractivity contribution is 6.23. The van der Waals surface area contributed by atoms with Crippen LogP contribution in [0.3, 0.4) is 0 Å². The van der Waals surface area contributed by atoms with E-state index in [0.717, 1.165) is 0 Å². The fraction of sp³-hybridized carbons (Fsp3) is 0.400. The standard InChI is InChI=1S/C25H27FN4O5/c1-13-10-18(31)19-20(21(13)32)30-9-8-16(22(30)29-19)27-23(33)17(28-24(34)35-25(2,3)4)12-14-6-5-7-15(26)11-14/h5-7,10-11,16-17H,8-9,12H2,1-4H3,(H,27,33)(H,28,34)/t16-,17-/m0/s1. The van der Waals surface area contributed by atoms with Gasteiger partial charge in [-0.25, -0.2) is 14.2 Å². The highest BCUT2D eigenvalue weighted by atomic mass is 19.1. The minimum atomic E-state index is -1.06. The smallest absolute Gasteiger partial charge is 0.408 e. The second-order valence-corrected chi connectivity index (χ2v) is 9.72. The molecular weight excluding hydrogens is 455 g/mol. The molecular formula is C25H27FN4O5. The number of amides is 2. The van der Waals surface area contributed by atoms with E-state index in [4.69, 9.17) is 4.74 Å². The summed E-state index contributed by atoms with van der Waals surface area (Å²) in [5, 5.41) is 5.43. The van der Waals surface area contributed by atoms with Gasteiger partial charge in [-0.3, -0.25) is 14.4 Å². The van der Waals surface area contributed by atoms with Crippen molar-refractivity contribution < 1.29 is 28.3 Å². The number of carbonyl (C=O) groups excluding carboxylic acids is 4. The second kappa shape index (κ2) is 9.09. The first-order valence-corrected chi connectivity index (χ1v) is 11.3. The van der Waals surface area contributed by atoms with Crippen LogP contribution in [-0.4, -0.2) is 44.8 Å². The minimum Gasteiger partial charge on any atom is -0.444 e. The van der Waals surface area contributed by atoms with E-state index in [1.165, 1.54) is 24.3 Å². The predicted octanol–water partition coefficient (Wildman–Crippen LogP) is 3.04. The number of aromatic nitrogens is 2. The fourth-order valence-corrected chi connectivity index (χ4v) is 4.24. The first kappa shape index (κ1) is 24.3. The van der Waals surface area contributed by atoms with Crippen molar-refractivity contribution in [3.05, 3.63) is 64.5 Å². The maximum atomic E-state index is 13.7. The van der Waals surface area contributed by atoms with Crippen LogP contribution in [0.5, 0.6) is 0 Å². The molecule has 2 heterocycles. The van der Waals surface area contributed by atoms with Gasteiger partial charge in [-0.15, -0.1) is 0 Å². The Kier molecular flexibility index (Phi) is 6.31. The lowest BCUT2D eigenvalue weighted by Crippen LogP contribution is -2.50. The van der Waals surface area contributed by atoms with E-state index in [1.807, 2.05) is 0 Å². The SMILES string of the molecule is CC1=CC(=O)c2nc3n(c2C1=O)CC[C@@H]3NC(=O)[C@H](Cc1cccc(F)c1)NC(=O)OC(C)(C)C. The summed E-state index contributed by atoms with van der Waals surface area (Å²) in [6.45, 7) is 7.09. The van der Waals surface area contributed by atoms with Gasteiger partial charge in [0.25, 0.3) is 0 Å². The number of alkyl carbamates (subject to hydrolysis) is 1. The maximum Gasteiger partial charge on any atom is 0.408 e. The Labute approximate surface area is 201 Å². The van der Waals surface area contributed by atoms with Gasteiger partial charge in [0.1, 0.15) is 34.7 Å². The van der Waals surface area contributed by atoms with Crippen LogP contribution in [0.4, 0.5) is 9.18 Å². The molecule has 2 N–H and O–H groups in total. The van der Waals surface area contributed by atoms with Crippen molar-refractivity contribution in [2.24, 2.45) is 0 Å². The monoisotopic (exact) mass is 482 g/mol.